The Hall–Kier alpha value is -1.07. The van der Waals surface area contributed by atoms with Crippen molar-refractivity contribution in [1.82, 2.24) is 4.98 Å². The lowest BCUT2D eigenvalue weighted by atomic mass is 9.94. The van der Waals surface area contributed by atoms with E-state index in [1.165, 1.54) is 31.1 Å². The van der Waals surface area contributed by atoms with Crippen LogP contribution in [-0.4, -0.2) is 10.8 Å². The molecule has 1 aromatic carbocycles. The third-order valence-corrected chi connectivity index (χ3v) is 3.71. The molecule has 0 unspecified atom stereocenters. The lowest BCUT2D eigenvalue weighted by molar-refractivity contribution is 0.439. The third kappa shape index (κ3) is 3.71. The Labute approximate surface area is 105 Å². The molecule has 0 aliphatic carbocycles. The van der Waals surface area contributed by atoms with E-state index < -0.39 is 0 Å². The van der Waals surface area contributed by atoms with Crippen molar-refractivity contribution >= 4 is 24.9 Å². The molecule has 0 aliphatic heterocycles. The first-order valence-corrected chi connectivity index (χ1v) is 7.24. The monoisotopic (exact) mass is 245 g/mol. The Morgan fingerprint density at radius 1 is 1.24 bits per heavy atom. The Balaban J connectivity index is 1.99. The minimum Gasteiger partial charge on any atom is -0.361 e. The predicted molar refractivity (Wildman–Crippen MR) is 79.1 cm³/mol. The number of fused-ring (bicyclic) bond motifs is 1. The van der Waals surface area contributed by atoms with Gasteiger partial charge in [0.05, 0.1) is 0 Å². The fourth-order valence-corrected chi connectivity index (χ4v) is 2.92. The zero-order valence-electron chi connectivity index (χ0n) is 10.8. The van der Waals surface area contributed by atoms with Gasteiger partial charge >= 0.3 is 0 Å². The standard InChI is InChI=1S/C15H20NP/c1-15(2,3)7-9-17-11-12-4-5-13-6-8-16-14(13)10-12/h4-6,8-10,16H,7,11H2,1-3H3. The third-order valence-electron chi connectivity index (χ3n) is 2.73. The average Bonchev–Trinajstić information content (AvgIpc) is 2.70. The molecule has 0 aliphatic rings. The highest BCUT2D eigenvalue weighted by molar-refractivity contribution is 7.37. The lowest BCUT2D eigenvalue weighted by Gasteiger charge is -2.14. The molecule has 0 amide bonds. The smallest absolute Gasteiger partial charge is 0.0456 e. The molecule has 0 atom stereocenters. The molecule has 90 valence electrons. The van der Waals surface area contributed by atoms with E-state index in [9.17, 15) is 0 Å². The van der Waals surface area contributed by atoms with Crippen molar-refractivity contribution < 1.29 is 0 Å². The fourth-order valence-electron chi connectivity index (χ4n) is 1.70. The van der Waals surface area contributed by atoms with Crippen LogP contribution in [0.5, 0.6) is 0 Å². The van der Waals surface area contributed by atoms with Gasteiger partial charge in [-0.15, -0.1) is 8.20 Å². The summed E-state index contributed by atoms with van der Waals surface area (Å²) < 4.78 is 0. The number of nitrogens with one attached hydrogen (secondary N) is 1. The number of hydrogen-bond acceptors (Lipinski definition) is 0. The van der Waals surface area contributed by atoms with Gasteiger partial charge in [0.1, 0.15) is 0 Å². The maximum atomic E-state index is 3.26. The minimum absolute atomic E-state index is 0.413. The molecule has 0 saturated carbocycles. The quantitative estimate of drug-likeness (QED) is 0.744. The molecular weight excluding hydrogens is 225 g/mol. The highest BCUT2D eigenvalue weighted by atomic mass is 31.1. The minimum atomic E-state index is 0.413. The van der Waals surface area contributed by atoms with E-state index in [-0.39, 0.29) is 0 Å². The normalized spacial score (nSPS) is 12.6. The van der Waals surface area contributed by atoms with Crippen LogP contribution in [0.25, 0.3) is 10.9 Å². The van der Waals surface area contributed by atoms with Crippen molar-refractivity contribution in [2.75, 3.05) is 0 Å². The van der Waals surface area contributed by atoms with Gasteiger partial charge in [0.15, 0.2) is 0 Å². The molecule has 1 N–H and O–H groups in total. The molecule has 0 spiro atoms. The Kier molecular flexibility index (Phi) is 3.69. The molecular formula is C15H20NP. The van der Waals surface area contributed by atoms with Gasteiger partial charge in [-0.1, -0.05) is 38.7 Å². The summed E-state index contributed by atoms with van der Waals surface area (Å²) in [7, 11) is 1.42. The second-order valence-corrected chi connectivity index (χ2v) is 6.73. The maximum Gasteiger partial charge on any atom is 0.0456 e. The molecule has 2 rings (SSSR count). The van der Waals surface area contributed by atoms with Crippen LogP contribution < -0.4 is 0 Å². The number of aromatic amines is 1. The Morgan fingerprint density at radius 3 is 2.82 bits per heavy atom. The summed E-state index contributed by atoms with van der Waals surface area (Å²) in [4.78, 5) is 3.26. The highest BCUT2D eigenvalue weighted by Crippen LogP contribution is 2.21. The van der Waals surface area contributed by atoms with Crippen molar-refractivity contribution in [1.29, 1.82) is 0 Å². The summed E-state index contributed by atoms with van der Waals surface area (Å²) in [5.41, 5.74) is 3.07. The van der Waals surface area contributed by atoms with E-state index in [4.69, 9.17) is 0 Å². The highest BCUT2D eigenvalue weighted by Gasteiger charge is 2.06. The van der Waals surface area contributed by atoms with Crippen LogP contribution in [0, 0.1) is 5.41 Å². The van der Waals surface area contributed by atoms with Gasteiger partial charge in [0.25, 0.3) is 0 Å². The van der Waals surface area contributed by atoms with Crippen LogP contribution in [0.3, 0.4) is 0 Å². The number of rotatable bonds is 3. The van der Waals surface area contributed by atoms with E-state index in [1.54, 1.807) is 0 Å². The number of aromatic nitrogens is 1. The van der Waals surface area contributed by atoms with Crippen LogP contribution in [0.15, 0.2) is 30.5 Å². The van der Waals surface area contributed by atoms with E-state index in [2.05, 4.69) is 55.8 Å². The first-order chi connectivity index (χ1) is 8.04. The predicted octanol–water partition coefficient (Wildman–Crippen LogP) is 4.85. The Morgan fingerprint density at radius 2 is 2.06 bits per heavy atom. The number of benzene rings is 1. The van der Waals surface area contributed by atoms with Crippen LogP contribution >= 0.6 is 8.20 Å². The largest absolute Gasteiger partial charge is 0.361 e. The summed E-state index contributed by atoms with van der Waals surface area (Å²) in [5.74, 6) is 2.39. The van der Waals surface area contributed by atoms with Gasteiger partial charge in [-0.25, -0.2) is 0 Å². The van der Waals surface area contributed by atoms with Crippen molar-refractivity contribution in [2.45, 2.75) is 33.4 Å². The first-order valence-electron chi connectivity index (χ1n) is 6.09. The second-order valence-electron chi connectivity index (χ2n) is 5.69. The molecule has 2 aromatic rings. The first kappa shape index (κ1) is 12.4. The van der Waals surface area contributed by atoms with Crippen LogP contribution in [0.4, 0.5) is 0 Å². The van der Waals surface area contributed by atoms with Crippen molar-refractivity contribution in [3.8, 4) is 0 Å². The van der Waals surface area contributed by atoms with Gasteiger partial charge < -0.3 is 4.98 Å². The summed E-state index contributed by atoms with van der Waals surface area (Å²) in [5, 5.41) is 1.30. The zero-order chi connectivity index (χ0) is 12.3. The number of hydrogen-bond donors (Lipinski definition) is 1. The van der Waals surface area contributed by atoms with Crippen molar-refractivity contribution in [3.05, 3.63) is 36.0 Å². The van der Waals surface area contributed by atoms with E-state index >= 15 is 0 Å². The molecule has 17 heavy (non-hydrogen) atoms. The average molecular weight is 245 g/mol. The van der Waals surface area contributed by atoms with Gasteiger partial charge in [0, 0.05) is 17.9 Å². The van der Waals surface area contributed by atoms with Crippen LogP contribution in [0.2, 0.25) is 0 Å². The summed E-state index contributed by atoms with van der Waals surface area (Å²) >= 11 is 0. The van der Waals surface area contributed by atoms with Crippen LogP contribution in [0.1, 0.15) is 32.8 Å². The summed E-state index contributed by atoms with van der Waals surface area (Å²) in [6, 6.07) is 8.80. The molecule has 1 aromatic heterocycles. The van der Waals surface area contributed by atoms with Crippen molar-refractivity contribution in [3.63, 3.8) is 0 Å². The molecule has 0 fully saturated rings. The maximum absolute atomic E-state index is 3.26. The summed E-state index contributed by atoms with van der Waals surface area (Å²) in [6.45, 7) is 6.85. The zero-order valence-corrected chi connectivity index (χ0v) is 11.7. The second kappa shape index (κ2) is 5.06. The van der Waals surface area contributed by atoms with Gasteiger partial charge in [-0.2, -0.15) is 0 Å². The SMILES string of the molecule is CC(C)(C)CC=PCc1ccc2cc[nH]c2c1. The molecule has 0 radical (unpaired) electrons. The number of H-pyrrole nitrogens is 1. The fraction of sp³-hybridized carbons (Fsp3) is 0.400. The Bertz CT molecular complexity index is 517. The van der Waals surface area contributed by atoms with Gasteiger partial charge in [-0.05, 0) is 34.9 Å². The van der Waals surface area contributed by atoms with E-state index in [0.717, 1.165) is 6.16 Å². The van der Waals surface area contributed by atoms with Crippen molar-refractivity contribution in [2.24, 2.45) is 5.41 Å². The van der Waals surface area contributed by atoms with Crippen LogP contribution in [-0.2, 0) is 6.16 Å². The molecule has 1 heterocycles. The van der Waals surface area contributed by atoms with E-state index in [1.807, 2.05) is 6.20 Å². The molecule has 0 bridgehead atoms. The van der Waals surface area contributed by atoms with Gasteiger partial charge in [-0.3, -0.25) is 0 Å². The molecule has 1 nitrogen and oxygen atoms in total. The van der Waals surface area contributed by atoms with Gasteiger partial charge in [0.2, 0.25) is 0 Å². The van der Waals surface area contributed by atoms with E-state index in [0.29, 0.717) is 5.41 Å². The molecule has 0 saturated heterocycles. The lowest BCUT2D eigenvalue weighted by Crippen LogP contribution is -2.03. The summed E-state index contributed by atoms with van der Waals surface area (Å²) in [6.07, 6.45) is 4.29. The molecule has 2 heteroatoms. The topological polar surface area (TPSA) is 15.8 Å².